The molecule has 13 heavy (non-hydrogen) atoms. The number of hydrogen-bond acceptors (Lipinski definition) is 2. The first-order chi connectivity index (χ1) is 5.92. The van der Waals surface area contributed by atoms with E-state index in [-0.39, 0.29) is 10.1 Å². The van der Waals surface area contributed by atoms with Gasteiger partial charge in [0.1, 0.15) is 4.66 Å². The largest absolute Gasteiger partial charge is 0.221 e. The van der Waals surface area contributed by atoms with Crippen molar-refractivity contribution in [1.29, 1.82) is 0 Å². The van der Waals surface area contributed by atoms with Crippen LogP contribution < -0.4 is 4.72 Å². The minimum Gasteiger partial charge on any atom is -0.214 e. The summed E-state index contributed by atoms with van der Waals surface area (Å²) in [4.78, 5) is 0. The third-order valence-electron chi connectivity index (χ3n) is 2.90. The average Bonchev–Trinajstić information content (AvgIpc) is 2.82. The highest BCUT2D eigenvalue weighted by molar-refractivity contribution is 9.10. The fourth-order valence-corrected chi connectivity index (χ4v) is 2.48. The summed E-state index contributed by atoms with van der Waals surface area (Å²) in [5, 5.41) is 0. The summed E-state index contributed by atoms with van der Waals surface area (Å²) in [6.07, 6.45) is 2.30. The predicted molar refractivity (Wildman–Crippen MR) is 57.2 cm³/mol. The van der Waals surface area contributed by atoms with Crippen LogP contribution in [0.3, 0.4) is 0 Å². The zero-order chi connectivity index (χ0) is 10.1. The quantitative estimate of drug-likeness (QED) is 0.773. The molecule has 0 aromatic rings. The van der Waals surface area contributed by atoms with E-state index in [0.29, 0.717) is 12.5 Å². The molecule has 1 saturated carbocycles. The highest BCUT2D eigenvalue weighted by atomic mass is 79.9. The standard InChI is InChI=1S/C8H16BrNO2S/c1-7(2)8(3-4-8)5-10-13(11,12)6-9/h7,10H,3-6H2,1-2H3. The van der Waals surface area contributed by atoms with Crippen molar-refractivity contribution in [2.24, 2.45) is 11.3 Å². The summed E-state index contributed by atoms with van der Waals surface area (Å²) >= 11 is 2.95. The zero-order valence-electron chi connectivity index (χ0n) is 8.01. The third-order valence-corrected chi connectivity index (χ3v) is 5.58. The van der Waals surface area contributed by atoms with Crippen LogP contribution in [0.1, 0.15) is 26.7 Å². The van der Waals surface area contributed by atoms with Gasteiger partial charge < -0.3 is 0 Å². The van der Waals surface area contributed by atoms with Crippen LogP contribution >= 0.6 is 15.9 Å². The van der Waals surface area contributed by atoms with Crippen LogP contribution in [0.2, 0.25) is 0 Å². The van der Waals surface area contributed by atoms with Gasteiger partial charge in [0.05, 0.1) is 0 Å². The number of hydrogen-bond donors (Lipinski definition) is 1. The van der Waals surface area contributed by atoms with Crippen LogP contribution in [-0.2, 0) is 10.0 Å². The van der Waals surface area contributed by atoms with E-state index in [9.17, 15) is 8.42 Å². The van der Waals surface area contributed by atoms with E-state index < -0.39 is 10.0 Å². The first kappa shape index (κ1) is 11.5. The van der Waals surface area contributed by atoms with Gasteiger partial charge in [0.25, 0.3) is 0 Å². The lowest BCUT2D eigenvalue weighted by Gasteiger charge is -2.19. The Morgan fingerprint density at radius 2 is 2.00 bits per heavy atom. The minimum atomic E-state index is -3.08. The monoisotopic (exact) mass is 269 g/mol. The number of nitrogens with one attached hydrogen (secondary N) is 1. The maximum Gasteiger partial charge on any atom is 0.221 e. The Morgan fingerprint density at radius 3 is 2.31 bits per heavy atom. The molecule has 1 aliphatic carbocycles. The van der Waals surface area contributed by atoms with E-state index in [0.717, 1.165) is 12.8 Å². The van der Waals surface area contributed by atoms with E-state index >= 15 is 0 Å². The molecule has 3 nitrogen and oxygen atoms in total. The van der Waals surface area contributed by atoms with Crippen LogP contribution in [0, 0.1) is 11.3 Å². The lowest BCUT2D eigenvalue weighted by molar-refractivity contribution is 0.358. The van der Waals surface area contributed by atoms with Gasteiger partial charge >= 0.3 is 0 Å². The molecule has 0 saturated heterocycles. The van der Waals surface area contributed by atoms with Crippen molar-refractivity contribution in [3.05, 3.63) is 0 Å². The summed E-state index contributed by atoms with van der Waals surface area (Å²) in [7, 11) is -3.08. The summed E-state index contributed by atoms with van der Waals surface area (Å²) < 4.78 is 24.9. The van der Waals surface area contributed by atoms with E-state index in [1.165, 1.54) is 0 Å². The molecule has 0 bridgehead atoms. The fourth-order valence-electron chi connectivity index (χ4n) is 1.41. The molecule has 78 valence electrons. The maximum absolute atomic E-state index is 11.1. The highest BCUT2D eigenvalue weighted by Gasteiger charge is 2.45. The van der Waals surface area contributed by atoms with Gasteiger partial charge in [0, 0.05) is 6.54 Å². The summed E-state index contributed by atoms with van der Waals surface area (Å²) in [5.74, 6) is 0.561. The van der Waals surface area contributed by atoms with Crippen molar-refractivity contribution in [3.8, 4) is 0 Å². The number of rotatable bonds is 5. The molecule has 0 radical (unpaired) electrons. The molecule has 1 N–H and O–H groups in total. The molecule has 1 aliphatic rings. The van der Waals surface area contributed by atoms with Gasteiger partial charge in [-0.3, -0.25) is 0 Å². The molecule has 0 atom stereocenters. The minimum absolute atomic E-state index is 0.00578. The molecule has 1 fully saturated rings. The molecule has 0 unspecified atom stereocenters. The van der Waals surface area contributed by atoms with Crippen LogP contribution in [0.4, 0.5) is 0 Å². The Labute approximate surface area is 88.5 Å². The summed E-state index contributed by atoms with van der Waals surface area (Å²) in [5.41, 5.74) is 0.245. The molecule has 0 aromatic carbocycles. The molecule has 1 rings (SSSR count). The summed E-state index contributed by atoms with van der Waals surface area (Å²) in [6.45, 7) is 4.89. The first-order valence-corrected chi connectivity index (χ1v) is 7.22. The Kier molecular flexibility index (Phi) is 3.41. The second kappa shape index (κ2) is 3.87. The van der Waals surface area contributed by atoms with Crippen LogP contribution in [0.5, 0.6) is 0 Å². The van der Waals surface area contributed by atoms with E-state index in [4.69, 9.17) is 0 Å². The van der Waals surface area contributed by atoms with E-state index in [2.05, 4.69) is 34.5 Å². The van der Waals surface area contributed by atoms with Crippen LogP contribution in [0.25, 0.3) is 0 Å². The molecule has 0 amide bonds. The van der Waals surface area contributed by atoms with Crippen molar-refractivity contribution >= 4 is 26.0 Å². The average molecular weight is 270 g/mol. The zero-order valence-corrected chi connectivity index (χ0v) is 10.4. The number of sulfonamides is 1. The predicted octanol–water partition coefficient (Wildman–Crippen LogP) is 1.69. The Bertz CT molecular complexity index is 270. The first-order valence-electron chi connectivity index (χ1n) is 4.45. The van der Waals surface area contributed by atoms with Crippen molar-refractivity contribution in [3.63, 3.8) is 0 Å². The lowest BCUT2D eigenvalue weighted by Crippen LogP contribution is -2.33. The van der Waals surface area contributed by atoms with Gasteiger partial charge in [-0.15, -0.1) is 0 Å². The van der Waals surface area contributed by atoms with E-state index in [1.807, 2.05) is 0 Å². The van der Waals surface area contributed by atoms with Crippen molar-refractivity contribution in [1.82, 2.24) is 4.72 Å². The van der Waals surface area contributed by atoms with Crippen LogP contribution in [-0.4, -0.2) is 19.6 Å². The molecular formula is C8H16BrNO2S. The SMILES string of the molecule is CC(C)C1(CNS(=O)(=O)CBr)CC1. The highest BCUT2D eigenvalue weighted by Crippen LogP contribution is 2.51. The van der Waals surface area contributed by atoms with Gasteiger partial charge in [-0.1, -0.05) is 29.8 Å². The van der Waals surface area contributed by atoms with Crippen molar-refractivity contribution in [2.45, 2.75) is 26.7 Å². The third kappa shape index (κ3) is 2.92. The van der Waals surface area contributed by atoms with Gasteiger partial charge in [-0.2, -0.15) is 0 Å². The normalized spacial score (nSPS) is 20.6. The fraction of sp³-hybridized carbons (Fsp3) is 1.00. The maximum atomic E-state index is 11.1. The van der Waals surface area contributed by atoms with Gasteiger partial charge in [-0.05, 0) is 24.2 Å². The smallest absolute Gasteiger partial charge is 0.214 e. The Balaban J connectivity index is 2.44. The Hall–Kier alpha value is 0.390. The van der Waals surface area contributed by atoms with E-state index in [1.54, 1.807) is 0 Å². The topological polar surface area (TPSA) is 46.2 Å². The molecular weight excluding hydrogens is 254 g/mol. The molecule has 5 heteroatoms. The molecule has 0 heterocycles. The molecule has 0 aromatic heterocycles. The van der Waals surface area contributed by atoms with Gasteiger partial charge in [0.2, 0.25) is 10.0 Å². The molecule has 0 spiro atoms. The van der Waals surface area contributed by atoms with Crippen LogP contribution in [0.15, 0.2) is 0 Å². The van der Waals surface area contributed by atoms with Crippen molar-refractivity contribution in [2.75, 3.05) is 11.2 Å². The second-order valence-electron chi connectivity index (χ2n) is 4.06. The summed E-state index contributed by atoms with van der Waals surface area (Å²) in [6, 6.07) is 0. The molecule has 0 aliphatic heterocycles. The number of halogens is 1. The van der Waals surface area contributed by atoms with Gasteiger partial charge in [0.15, 0.2) is 0 Å². The van der Waals surface area contributed by atoms with Gasteiger partial charge in [-0.25, -0.2) is 13.1 Å². The Morgan fingerprint density at radius 1 is 1.46 bits per heavy atom. The lowest BCUT2D eigenvalue weighted by atomic mass is 9.93. The second-order valence-corrected chi connectivity index (χ2v) is 7.17. The number of alkyl halides is 1. The van der Waals surface area contributed by atoms with Crippen molar-refractivity contribution < 1.29 is 8.42 Å².